The van der Waals surface area contributed by atoms with Crippen LogP contribution in [0.3, 0.4) is 0 Å². The molecule has 0 bridgehead atoms. The number of hydrogen-bond acceptors (Lipinski definition) is 6. The van der Waals surface area contributed by atoms with E-state index in [0.717, 1.165) is 0 Å². The molecule has 0 aromatic heterocycles. The van der Waals surface area contributed by atoms with Crippen molar-refractivity contribution in [3.8, 4) is 0 Å². The van der Waals surface area contributed by atoms with Gasteiger partial charge in [-0.1, -0.05) is 19.6 Å². The van der Waals surface area contributed by atoms with E-state index < -0.39 is 41.6 Å². The van der Waals surface area contributed by atoms with E-state index in [1.807, 2.05) is 6.92 Å². The number of aliphatic hydroxyl groups excluding tert-OH is 1. The Hall–Kier alpha value is -1.95. The smallest absolute Gasteiger partial charge is 0.334 e. The molecule has 3 aliphatic rings. The molecule has 1 N–H and O–H groups in total. The molecule has 0 aromatic rings. The summed E-state index contributed by atoms with van der Waals surface area (Å²) in [6.45, 7) is 10.9. The molecule has 6 nitrogen and oxygen atoms in total. The minimum atomic E-state index is -1.08. The SMILES string of the molecule is C=C1C(=O)OC2CC(C)C3C(O)CC(=O)C3(C)C(OC(=O)/C(C)=C/C)C12. The van der Waals surface area contributed by atoms with Gasteiger partial charge in [-0.05, 0) is 33.1 Å². The highest BCUT2D eigenvalue weighted by Gasteiger charge is 2.65. The molecule has 26 heavy (non-hydrogen) atoms. The first-order chi connectivity index (χ1) is 12.1. The quantitative estimate of drug-likeness (QED) is 0.597. The van der Waals surface area contributed by atoms with E-state index in [0.29, 0.717) is 12.0 Å². The number of ketones is 1. The van der Waals surface area contributed by atoms with E-state index in [-0.39, 0.29) is 29.6 Å². The zero-order valence-corrected chi connectivity index (χ0v) is 15.7. The summed E-state index contributed by atoms with van der Waals surface area (Å²) in [5, 5.41) is 10.5. The number of aliphatic hydroxyl groups is 1. The van der Waals surface area contributed by atoms with E-state index in [1.165, 1.54) is 0 Å². The molecule has 0 amide bonds. The number of carbonyl (C=O) groups excluding carboxylic acids is 3. The normalized spacial score (nSPS) is 42.8. The number of ether oxygens (including phenoxy) is 2. The largest absolute Gasteiger partial charge is 0.458 e. The summed E-state index contributed by atoms with van der Waals surface area (Å²) in [5.74, 6) is -2.21. The third-order valence-electron chi connectivity index (χ3n) is 6.55. The molecule has 0 spiro atoms. The number of carbonyl (C=O) groups is 3. The molecule has 7 unspecified atom stereocenters. The van der Waals surface area contributed by atoms with Crippen LogP contribution in [-0.4, -0.2) is 41.1 Å². The molecule has 0 radical (unpaired) electrons. The highest BCUT2D eigenvalue weighted by Crippen LogP contribution is 2.56. The van der Waals surface area contributed by atoms with Crippen molar-refractivity contribution in [3.05, 3.63) is 23.8 Å². The predicted molar refractivity (Wildman–Crippen MR) is 92.8 cm³/mol. The van der Waals surface area contributed by atoms with Crippen molar-refractivity contribution >= 4 is 17.7 Å². The van der Waals surface area contributed by atoms with Crippen molar-refractivity contribution in [2.75, 3.05) is 0 Å². The Bertz CT molecular complexity index is 707. The lowest BCUT2D eigenvalue weighted by molar-refractivity contribution is -0.162. The third kappa shape index (κ3) is 2.54. The van der Waals surface area contributed by atoms with Gasteiger partial charge in [0.2, 0.25) is 0 Å². The number of esters is 2. The Morgan fingerprint density at radius 3 is 2.69 bits per heavy atom. The summed E-state index contributed by atoms with van der Waals surface area (Å²) in [7, 11) is 0. The van der Waals surface area contributed by atoms with Gasteiger partial charge in [-0.25, -0.2) is 9.59 Å². The minimum absolute atomic E-state index is 0.0286. The van der Waals surface area contributed by atoms with E-state index in [4.69, 9.17) is 9.47 Å². The number of hydrogen-bond donors (Lipinski definition) is 1. The van der Waals surface area contributed by atoms with Crippen molar-refractivity contribution < 1.29 is 29.0 Å². The lowest BCUT2D eigenvalue weighted by Crippen LogP contribution is -2.50. The summed E-state index contributed by atoms with van der Waals surface area (Å²) in [6, 6.07) is 0. The predicted octanol–water partition coefficient (Wildman–Crippen LogP) is 1.96. The number of fused-ring (bicyclic) bond motifs is 2. The molecule has 0 aromatic carbocycles. The second-order valence-electron chi connectivity index (χ2n) is 8.01. The number of rotatable bonds is 2. The molecule has 1 aliphatic heterocycles. The summed E-state index contributed by atoms with van der Waals surface area (Å²) < 4.78 is 11.3. The Kier molecular flexibility index (Phi) is 4.59. The Balaban J connectivity index is 2.12. The maximum absolute atomic E-state index is 12.9. The van der Waals surface area contributed by atoms with Crippen LogP contribution in [-0.2, 0) is 23.9 Å². The fourth-order valence-corrected chi connectivity index (χ4v) is 5.07. The summed E-state index contributed by atoms with van der Waals surface area (Å²) in [5.41, 5.74) is -0.436. The molecule has 2 saturated carbocycles. The van der Waals surface area contributed by atoms with Gasteiger partial charge in [0.1, 0.15) is 18.0 Å². The number of allylic oxidation sites excluding steroid dienone is 1. The molecule has 1 heterocycles. The summed E-state index contributed by atoms with van der Waals surface area (Å²) in [6.07, 6.45) is -0.0358. The second kappa shape index (κ2) is 6.34. The summed E-state index contributed by atoms with van der Waals surface area (Å²) in [4.78, 5) is 37.6. The zero-order valence-electron chi connectivity index (χ0n) is 15.7. The van der Waals surface area contributed by atoms with Gasteiger partial charge < -0.3 is 14.6 Å². The van der Waals surface area contributed by atoms with Crippen LogP contribution in [0.5, 0.6) is 0 Å². The van der Waals surface area contributed by atoms with Gasteiger partial charge in [-0.2, -0.15) is 0 Å². The fraction of sp³-hybridized carbons (Fsp3) is 0.650. The third-order valence-corrected chi connectivity index (χ3v) is 6.55. The Morgan fingerprint density at radius 2 is 2.08 bits per heavy atom. The zero-order chi connectivity index (χ0) is 19.4. The summed E-state index contributed by atoms with van der Waals surface area (Å²) >= 11 is 0. The van der Waals surface area contributed by atoms with Gasteiger partial charge in [0.25, 0.3) is 0 Å². The molecule has 6 heteroatoms. The Morgan fingerprint density at radius 1 is 1.42 bits per heavy atom. The monoisotopic (exact) mass is 362 g/mol. The van der Waals surface area contributed by atoms with Crippen LogP contribution >= 0.6 is 0 Å². The first-order valence-electron chi connectivity index (χ1n) is 9.07. The van der Waals surface area contributed by atoms with Gasteiger partial charge >= 0.3 is 11.9 Å². The lowest BCUT2D eigenvalue weighted by Gasteiger charge is -2.40. The van der Waals surface area contributed by atoms with Crippen LogP contribution in [0.1, 0.15) is 40.5 Å². The Labute approximate surface area is 153 Å². The van der Waals surface area contributed by atoms with Crippen LogP contribution in [0.4, 0.5) is 0 Å². The average Bonchev–Trinajstić information content (AvgIpc) is 2.94. The average molecular weight is 362 g/mol. The highest BCUT2D eigenvalue weighted by atomic mass is 16.6. The minimum Gasteiger partial charge on any atom is -0.458 e. The molecule has 1 saturated heterocycles. The molecular weight excluding hydrogens is 336 g/mol. The van der Waals surface area contributed by atoms with E-state index >= 15 is 0 Å². The highest BCUT2D eigenvalue weighted by molar-refractivity contribution is 5.94. The first-order valence-corrected chi connectivity index (χ1v) is 9.07. The van der Waals surface area contributed by atoms with Crippen LogP contribution < -0.4 is 0 Å². The fourth-order valence-electron chi connectivity index (χ4n) is 5.07. The molecule has 3 rings (SSSR count). The second-order valence-corrected chi connectivity index (χ2v) is 8.01. The van der Waals surface area contributed by atoms with Crippen molar-refractivity contribution in [2.24, 2.45) is 23.2 Å². The van der Waals surface area contributed by atoms with Crippen LogP contribution in [0.2, 0.25) is 0 Å². The van der Waals surface area contributed by atoms with Gasteiger partial charge in [-0.15, -0.1) is 0 Å². The van der Waals surface area contributed by atoms with Gasteiger partial charge in [-0.3, -0.25) is 4.79 Å². The van der Waals surface area contributed by atoms with E-state index in [9.17, 15) is 19.5 Å². The van der Waals surface area contributed by atoms with Gasteiger partial charge in [0.15, 0.2) is 0 Å². The van der Waals surface area contributed by atoms with Gasteiger partial charge in [0, 0.05) is 23.5 Å². The molecule has 142 valence electrons. The van der Waals surface area contributed by atoms with E-state index in [1.54, 1.807) is 26.8 Å². The molecule has 3 fully saturated rings. The van der Waals surface area contributed by atoms with Crippen LogP contribution in [0.15, 0.2) is 23.8 Å². The topological polar surface area (TPSA) is 89.9 Å². The van der Waals surface area contributed by atoms with Gasteiger partial charge in [0.05, 0.1) is 17.4 Å². The van der Waals surface area contributed by atoms with Crippen molar-refractivity contribution in [3.63, 3.8) is 0 Å². The lowest BCUT2D eigenvalue weighted by atomic mass is 9.67. The first kappa shape index (κ1) is 18.8. The van der Waals surface area contributed by atoms with Crippen LogP contribution in [0.25, 0.3) is 0 Å². The van der Waals surface area contributed by atoms with Crippen molar-refractivity contribution in [1.29, 1.82) is 0 Å². The standard InChI is InChI=1S/C20H26O6/c1-6-9(2)18(23)26-17-15-11(4)19(24)25-13(15)7-10(3)16-12(21)8-14(22)20(16,17)5/h6,10,12-13,15-17,21H,4,7-8H2,1-3,5H3/b9-6+. The maximum atomic E-state index is 12.9. The molecule has 2 aliphatic carbocycles. The van der Waals surface area contributed by atoms with Crippen molar-refractivity contribution in [1.82, 2.24) is 0 Å². The van der Waals surface area contributed by atoms with Crippen LogP contribution in [0, 0.1) is 23.2 Å². The van der Waals surface area contributed by atoms with E-state index in [2.05, 4.69) is 6.58 Å². The maximum Gasteiger partial charge on any atom is 0.334 e. The molecular formula is C20H26O6. The molecule has 7 atom stereocenters. The number of Topliss-reactive ketones (excluding diaryl/α,β-unsaturated/α-hetero) is 1. The van der Waals surface area contributed by atoms with Crippen molar-refractivity contribution in [2.45, 2.75) is 58.8 Å².